The Bertz CT molecular complexity index is 969. The van der Waals surface area contributed by atoms with E-state index >= 15 is 0 Å². The number of nitrogens with one attached hydrogen (secondary N) is 2. The molecule has 0 aliphatic rings. The number of hydrogen-bond donors (Lipinski definition) is 3. The molecule has 116 valence electrons. The minimum Gasteiger partial charge on any atom is -0.506 e. The van der Waals surface area contributed by atoms with Crippen LogP contribution in [0.2, 0.25) is 10.0 Å². The van der Waals surface area contributed by atoms with Crippen LogP contribution in [-0.2, 0) is 0 Å². The first kappa shape index (κ1) is 15.3. The first-order valence-corrected chi connectivity index (χ1v) is 7.26. The molecule has 8 heteroatoms. The fraction of sp³-hybridized carbons (Fsp3) is 0. The van der Waals surface area contributed by atoms with E-state index in [-0.39, 0.29) is 22.3 Å². The Labute approximate surface area is 140 Å². The SMILES string of the molecule is O=c1[nH]c(NN=Cc2cc(Cl)cc(Cl)c2O)nc2ccccc12. The monoisotopic (exact) mass is 348 g/mol. The second-order valence-electron chi connectivity index (χ2n) is 4.63. The summed E-state index contributed by atoms with van der Waals surface area (Å²) >= 11 is 11.7. The van der Waals surface area contributed by atoms with Crippen LogP contribution in [0.5, 0.6) is 5.75 Å². The lowest BCUT2D eigenvalue weighted by atomic mass is 10.2. The standard InChI is InChI=1S/C15H10Cl2N4O2/c16-9-5-8(13(22)11(17)6-9)7-18-21-15-19-12-4-2-1-3-10(12)14(23)20-15/h1-7,22H,(H2,19,20,21,23). The molecule has 0 amide bonds. The summed E-state index contributed by atoms with van der Waals surface area (Å²) in [5.74, 6) is 0.0409. The lowest BCUT2D eigenvalue weighted by Gasteiger charge is -2.03. The molecule has 2 aromatic carbocycles. The molecule has 0 fully saturated rings. The number of rotatable bonds is 3. The highest BCUT2D eigenvalue weighted by Crippen LogP contribution is 2.29. The number of para-hydroxylation sites is 1. The van der Waals surface area contributed by atoms with Crippen molar-refractivity contribution in [3.63, 3.8) is 0 Å². The maximum absolute atomic E-state index is 11.9. The van der Waals surface area contributed by atoms with Gasteiger partial charge in [-0.3, -0.25) is 9.78 Å². The van der Waals surface area contributed by atoms with Crippen molar-refractivity contribution in [2.75, 3.05) is 5.43 Å². The van der Waals surface area contributed by atoms with E-state index < -0.39 is 0 Å². The summed E-state index contributed by atoms with van der Waals surface area (Å²) in [6.07, 6.45) is 1.32. The van der Waals surface area contributed by atoms with E-state index in [4.69, 9.17) is 23.2 Å². The average Bonchev–Trinajstić information content (AvgIpc) is 2.52. The van der Waals surface area contributed by atoms with Gasteiger partial charge in [-0.25, -0.2) is 10.4 Å². The Hall–Kier alpha value is -2.57. The quantitative estimate of drug-likeness (QED) is 0.499. The number of nitrogens with zero attached hydrogens (tertiary/aromatic N) is 2. The van der Waals surface area contributed by atoms with Gasteiger partial charge in [-0.1, -0.05) is 35.3 Å². The molecule has 3 aromatic rings. The van der Waals surface area contributed by atoms with Crippen LogP contribution >= 0.6 is 23.2 Å². The number of anilines is 1. The Morgan fingerprint density at radius 1 is 1.26 bits per heavy atom. The first-order chi connectivity index (χ1) is 11.0. The number of fused-ring (bicyclic) bond motifs is 1. The topological polar surface area (TPSA) is 90.4 Å². The van der Waals surface area contributed by atoms with E-state index in [1.165, 1.54) is 18.3 Å². The largest absolute Gasteiger partial charge is 0.506 e. The average molecular weight is 349 g/mol. The zero-order valence-corrected chi connectivity index (χ0v) is 13.1. The van der Waals surface area contributed by atoms with Gasteiger partial charge in [0.05, 0.1) is 22.1 Å². The number of aromatic hydroxyl groups is 1. The summed E-state index contributed by atoms with van der Waals surface area (Å²) in [4.78, 5) is 18.7. The highest BCUT2D eigenvalue weighted by atomic mass is 35.5. The van der Waals surface area contributed by atoms with Gasteiger partial charge in [0.25, 0.3) is 5.56 Å². The van der Waals surface area contributed by atoms with Crippen LogP contribution in [0, 0.1) is 0 Å². The lowest BCUT2D eigenvalue weighted by molar-refractivity contribution is 0.475. The van der Waals surface area contributed by atoms with Crippen LogP contribution in [0.4, 0.5) is 5.95 Å². The van der Waals surface area contributed by atoms with Crippen LogP contribution in [0.15, 0.2) is 46.3 Å². The van der Waals surface area contributed by atoms with E-state index in [2.05, 4.69) is 20.5 Å². The molecule has 0 aliphatic carbocycles. The molecule has 0 saturated carbocycles. The maximum atomic E-state index is 11.9. The molecule has 0 radical (unpaired) electrons. The fourth-order valence-corrected chi connectivity index (χ4v) is 2.50. The molecular weight excluding hydrogens is 339 g/mol. The summed E-state index contributed by atoms with van der Waals surface area (Å²) in [5.41, 5.74) is 3.20. The molecule has 0 spiro atoms. The van der Waals surface area contributed by atoms with Gasteiger partial charge in [-0.2, -0.15) is 5.10 Å². The number of halogens is 2. The highest BCUT2D eigenvalue weighted by Gasteiger charge is 2.06. The van der Waals surface area contributed by atoms with Crippen LogP contribution in [0.1, 0.15) is 5.56 Å². The number of phenolic OH excluding ortho intramolecular Hbond substituents is 1. The van der Waals surface area contributed by atoms with E-state index in [1.807, 2.05) is 0 Å². The third-order valence-corrected chi connectivity index (χ3v) is 3.55. The lowest BCUT2D eigenvalue weighted by Crippen LogP contribution is -2.10. The van der Waals surface area contributed by atoms with Gasteiger partial charge < -0.3 is 5.11 Å². The van der Waals surface area contributed by atoms with Gasteiger partial charge in [-0.05, 0) is 24.3 Å². The number of aromatic nitrogens is 2. The normalized spacial score (nSPS) is 11.2. The summed E-state index contributed by atoms with van der Waals surface area (Å²) in [7, 11) is 0. The Kier molecular flexibility index (Phi) is 4.18. The molecule has 6 nitrogen and oxygen atoms in total. The van der Waals surface area contributed by atoms with E-state index in [1.54, 1.807) is 24.3 Å². The van der Waals surface area contributed by atoms with Crippen LogP contribution in [-0.4, -0.2) is 21.3 Å². The highest BCUT2D eigenvalue weighted by molar-refractivity contribution is 6.36. The molecule has 0 saturated heterocycles. The van der Waals surface area contributed by atoms with Crippen molar-refractivity contribution in [3.05, 3.63) is 62.4 Å². The summed E-state index contributed by atoms with van der Waals surface area (Å²) in [6, 6.07) is 9.88. The van der Waals surface area contributed by atoms with E-state index in [0.29, 0.717) is 21.5 Å². The third kappa shape index (κ3) is 3.28. The molecule has 1 heterocycles. The minimum absolute atomic E-state index is 0.121. The zero-order chi connectivity index (χ0) is 16.4. The van der Waals surface area contributed by atoms with E-state index in [0.717, 1.165) is 0 Å². The molecule has 1 aromatic heterocycles. The number of aromatic amines is 1. The summed E-state index contributed by atoms with van der Waals surface area (Å²) < 4.78 is 0. The smallest absolute Gasteiger partial charge is 0.260 e. The Balaban J connectivity index is 1.88. The maximum Gasteiger partial charge on any atom is 0.260 e. The predicted octanol–water partition coefficient (Wildman–Crippen LogP) is 3.38. The molecule has 3 N–H and O–H groups in total. The van der Waals surface area contributed by atoms with Crippen molar-refractivity contribution >= 4 is 46.3 Å². The van der Waals surface area contributed by atoms with Crippen molar-refractivity contribution in [3.8, 4) is 5.75 Å². The van der Waals surface area contributed by atoms with Gasteiger partial charge in [0, 0.05) is 10.6 Å². The van der Waals surface area contributed by atoms with Crippen molar-refractivity contribution in [1.29, 1.82) is 0 Å². The first-order valence-electron chi connectivity index (χ1n) is 6.51. The van der Waals surface area contributed by atoms with Gasteiger partial charge in [0.2, 0.25) is 5.95 Å². The summed E-state index contributed by atoms with van der Waals surface area (Å²) in [5, 5.41) is 14.7. The number of H-pyrrole nitrogens is 1. The number of phenols is 1. The molecule has 0 atom stereocenters. The Morgan fingerprint density at radius 3 is 2.87 bits per heavy atom. The fourth-order valence-electron chi connectivity index (χ4n) is 1.99. The Morgan fingerprint density at radius 2 is 2.04 bits per heavy atom. The molecular formula is C15H10Cl2N4O2. The van der Waals surface area contributed by atoms with Gasteiger partial charge in [0.15, 0.2) is 0 Å². The molecule has 23 heavy (non-hydrogen) atoms. The third-order valence-electron chi connectivity index (χ3n) is 3.04. The van der Waals surface area contributed by atoms with Crippen LogP contribution in [0.3, 0.4) is 0 Å². The van der Waals surface area contributed by atoms with Crippen LogP contribution < -0.4 is 11.0 Å². The number of benzene rings is 2. The summed E-state index contributed by atoms with van der Waals surface area (Å²) in [6.45, 7) is 0. The molecule has 0 aliphatic heterocycles. The van der Waals surface area contributed by atoms with Crippen molar-refractivity contribution in [2.24, 2.45) is 5.10 Å². The van der Waals surface area contributed by atoms with Crippen molar-refractivity contribution < 1.29 is 5.11 Å². The van der Waals surface area contributed by atoms with E-state index in [9.17, 15) is 9.90 Å². The van der Waals surface area contributed by atoms with Gasteiger partial charge in [0.1, 0.15) is 5.75 Å². The molecule has 0 bridgehead atoms. The second kappa shape index (κ2) is 6.28. The van der Waals surface area contributed by atoms with Gasteiger partial charge in [-0.15, -0.1) is 0 Å². The molecule has 3 rings (SSSR count). The minimum atomic E-state index is -0.276. The van der Waals surface area contributed by atoms with Crippen molar-refractivity contribution in [1.82, 2.24) is 9.97 Å². The van der Waals surface area contributed by atoms with Crippen LogP contribution in [0.25, 0.3) is 10.9 Å². The van der Waals surface area contributed by atoms with Crippen molar-refractivity contribution in [2.45, 2.75) is 0 Å². The number of hydrazone groups is 1. The number of hydrogen-bond acceptors (Lipinski definition) is 5. The van der Waals surface area contributed by atoms with Gasteiger partial charge >= 0.3 is 0 Å². The second-order valence-corrected chi connectivity index (χ2v) is 5.47. The molecule has 0 unspecified atom stereocenters. The predicted molar refractivity (Wildman–Crippen MR) is 91.7 cm³/mol. The zero-order valence-electron chi connectivity index (χ0n) is 11.5.